The summed E-state index contributed by atoms with van der Waals surface area (Å²) in [4.78, 5) is 3.09. The lowest BCUT2D eigenvalue weighted by molar-refractivity contribution is 0.467. The molecule has 0 amide bonds. The zero-order valence-corrected chi connectivity index (χ0v) is 9.97. The number of hydrogen-bond acceptors (Lipinski definition) is 3. The number of hydrogen-bond donors (Lipinski definition) is 1. The average molecular weight is 284 g/mol. The highest BCUT2D eigenvalue weighted by Crippen LogP contribution is 2.25. The van der Waals surface area contributed by atoms with Crippen LogP contribution in [0.25, 0.3) is 0 Å². The summed E-state index contributed by atoms with van der Waals surface area (Å²) in [5.41, 5.74) is 0.308. The topological polar surface area (TPSA) is 48.7 Å². The van der Waals surface area contributed by atoms with Crippen LogP contribution in [0.2, 0.25) is 5.02 Å². The first-order chi connectivity index (χ1) is 9.01. The first kappa shape index (κ1) is 13.2. The van der Waals surface area contributed by atoms with Crippen LogP contribution in [-0.4, -0.2) is 4.98 Å². The van der Waals surface area contributed by atoms with Crippen molar-refractivity contribution in [2.75, 3.05) is 5.32 Å². The van der Waals surface area contributed by atoms with Crippen molar-refractivity contribution >= 4 is 23.1 Å². The van der Waals surface area contributed by atoms with Gasteiger partial charge in [-0.05, 0) is 18.2 Å². The molecule has 1 aromatic carbocycles. The highest BCUT2D eigenvalue weighted by molar-refractivity contribution is 6.30. The van der Waals surface area contributed by atoms with Gasteiger partial charge in [0, 0.05) is 11.1 Å². The van der Waals surface area contributed by atoms with Crippen molar-refractivity contribution < 1.29 is 13.2 Å². The molecule has 0 bridgehead atoms. The third kappa shape index (κ3) is 2.77. The predicted molar refractivity (Wildman–Crippen MR) is 63.6 cm³/mol. The van der Waals surface area contributed by atoms with E-state index in [0.717, 1.165) is 0 Å². The number of halogens is 4. The Morgan fingerprint density at radius 2 is 1.89 bits per heavy atom. The van der Waals surface area contributed by atoms with Gasteiger partial charge in [0.2, 0.25) is 0 Å². The van der Waals surface area contributed by atoms with Gasteiger partial charge in [-0.3, -0.25) is 0 Å². The van der Waals surface area contributed by atoms with Gasteiger partial charge >= 0.3 is 0 Å². The van der Waals surface area contributed by atoms with Crippen molar-refractivity contribution in [3.63, 3.8) is 0 Å². The third-order valence-electron chi connectivity index (χ3n) is 2.24. The first-order valence-electron chi connectivity index (χ1n) is 4.99. The van der Waals surface area contributed by atoms with Gasteiger partial charge in [-0.15, -0.1) is 0 Å². The molecule has 0 aliphatic carbocycles. The summed E-state index contributed by atoms with van der Waals surface area (Å²) < 4.78 is 39.1. The monoisotopic (exact) mass is 283 g/mol. The molecule has 2 rings (SSSR count). The second kappa shape index (κ2) is 5.16. The Morgan fingerprint density at radius 1 is 1.16 bits per heavy atom. The summed E-state index contributed by atoms with van der Waals surface area (Å²) in [6.45, 7) is 0. The lowest BCUT2D eigenvalue weighted by Gasteiger charge is -2.09. The van der Waals surface area contributed by atoms with Gasteiger partial charge in [0.05, 0.1) is 11.3 Å². The molecule has 7 heteroatoms. The average Bonchev–Trinajstić information content (AvgIpc) is 2.36. The number of rotatable bonds is 2. The molecule has 19 heavy (non-hydrogen) atoms. The number of pyridine rings is 1. The van der Waals surface area contributed by atoms with Crippen LogP contribution < -0.4 is 5.32 Å². The normalized spacial score (nSPS) is 10.1. The van der Waals surface area contributed by atoms with Crippen LogP contribution in [-0.2, 0) is 0 Å². The minimum atomic E-state index is -1.44. The summed E-state index contributed by atoms with van der Waals surface area (Å²) in [5.74, 6) is -4.44. The van der Waals surface area contributed by atoms with Crippen molar-refractivity contribution in [2.24, 2.45) is 0 Å². The maximum Gasteiger partial charge on any atom is 0.251 e. The number of anilines is 2. The third-order valence-corrected chi connectivity index (χ3v) is 2.48. The summed E-state index contributed by atoms with van der Waals surface area (Å²) in [5, 5.41) is 11.6. The summed E-state index contributed by atoms with van der Waals surface area (Å²) in [7, 11) is 0. The Bertz CT molecular complexity index is 683. The van der Waals surface area contributed by atoms with Gasteiger partial charge in [-0.2, -0.15) is 14.6 Å². The molecule has 0 atom stereocenters. The van der Waals surface area contributed by atoms with Crippen molar-refractivity contribution in [1.29, 1.82) is 5.26 Å². The van der Waals surface area contributed by atoms with Crippen LogP contribution in [0, 0.1) is 28.9 Å². The fraction of sp³-hybridized carbons (Fsp3) is 0. The highest BCUT2D eigenvalue weighted by atomic mass is 35.5. The molecular weight excluding hydrogens is 279 g/mol. The van der Waals surface area contributed by atoms with Gasteiger partial charge in [-0.25, -0.2) is 8.78 Å². The molecule has 0 fully saturated rings. The number of nitriles is 1. The van der Waals surface area contributed by atoms with E-state index < -0.39 is 23.4 Å². The van der Waals surface area contributed by atoms with E-state index in [4.69, 9.17) is 16.9 Å². The van der Waals surface area contributed by atoms with E-state index in [9.17, 15) is 13.2 Å². The van der Waals surface area contributed by atoms with Crippen molar-refractivity contribution in [3.05, 3.63) is 52.4 Å². The Hall–Kier alpha value is -2.26. The van der Waals surface area contributed by atoms with Crippen LogP contribution in [0.1, 0.15) is 5.56 Å². The van der Waals surface area contributed by atoms with Crippen molar-refractivity contribution in [1.82, 2.24) is 4.98 Å². The Labute approximate surface area is 111 Å². The maximum absolute atomic E-state index is 13.4. The molecule has 96 valence electrons. The van der Waals surface area contributed by atoms with E-state index in [1.54, 1.807) is 0 Å². The van der Waals surface area contributed by atoms with Crippen LogP contribution in [0.3, 0.4) is 0 Å². The lowest BCUT2D eigenvalue weighted by Crippen LogP contribution is -2.02. The molecule has 0 spiro atoms. The summed E-state index contributed by atoms with van der Waals surface area (Å²) >= 11 is 5.74. The molecule has 1 heterocycles. The predicted octanol–water partition coefficient (Wildman–Crippen LogP) is 3.77. The smallest absolute Gasteiger partial charge is 0.251 e. The molecule has 0 unspecified atom stereocenters. The molecule has 1 N–H and O–H groups in total. The molecule has 0 radical (unpaired) electrons. The van der Waals surface area contributed by atoms with Gasteiger partial charge in [0.15, 0.2) is 17.5 Å². The number of nitrogens with zero attached hydrogens (tertiary/aromatic N) is 2. The second-order valence-electron chi connectivity index (χ2n) is 3.52. The van der Waals surface area contributed by atoms with Gasteiger partial charge in [0.1, 0.15) is 6.07 Å². The molecule has 2 aromatic rings. The largest absolute Gasteiger partial charge is 0.337 e. The Morgan fingerprint density at radius 3 is 2.58 bits per heavy atom. The Balaban J connectivity index is 2.45. The van der Waals surface area contributed by atoms with Crippen LogP contribution in [0.5, 0.6) is 0 Å². The number of aromatic nitrogens is 1. The first-order valence-corrected chi connectivity index (χ1v) is 5.37. The minimum absolute atomic E-state index is 0.146. The highest BCUT2D eigenvalue weighted by Gasteiger charge is 2.13. The lowest BCUT2D eigenvalue weighted by atomic mass is 10.2. The van der Waals surface area contributed by atoms with Gasteiger partial charge < -0.3 is 5.32 Å². The van der Waals surface area contributed by atoms with Crippen LogP contribution >= 0.6 is 11.6 Å². The Kier molecular flexibility index (Phi) is 3.58. The van der Waals surface area contributed by atoms with E-state index in [0.29, 0.717) is 11.1 Å². The molecule has 0 saturated heterocycles. The zero-order chi connectivity index (χ0) is 14.0. The van der Waals surface area contributed by atoms with E-state index in [-0.39, 0.29) is 11.3 Å². The van der Waals surface area contributed by atoms with Crippen LogP contribution in [0.15, 0.2) is 24.3 Å². The molecule has 0 aliphatic rings. The summed E-state index contributed by atoms with van der Waals surface area (Å²) in [6.07, 6.45) is 0. The van der Waals surface area contributed by atoms with Gasteiger partial charge in [0.25, 0.3) is 5.95 Å². The quantitative estimate of drug-likeness (QED) is 0.854. The second-order valence-corrected chi connectivity index (χ2v) is 3.95. The fourth-order valence-electron chi connectivity index (χ4n) is 1.38. The molecule has 3 nitrogen and oxygen atoms in total. The standard InChI is InChI=1S/C12H5ClF3N3/c13-7-2-1-6(5-17)10(3-7)18-12-9(15)4-8(14)11(16)19-12/h1-4H,(H,18,19). The van der Waals surface area contributed by atoms with Crippen molar-refractivity contribution in [2.45, 2.75) is 0 Å². The van der Waals surface area contributed by atoms with E-state index >= 15 is 0 Å². The molecule has 1 aromatic heterocycles. The van der Waals surface area contributed by atoms with E-state index in [2.05, 4.69) is 10.3 Å². The van der Waals surface area contributed by atoms with Crippen molar-refractivity contribution in [3.8, 4) is 6.07 Å². The summed E-state index contributed by atoms with van der Waals surface area (Å²) in [6, 6.07) is 6.44. The zero-order valence-electron chi connectivity index (χ0n) is 9.22. The minimum Gasteiger partial charge on any atom is -0.337 e. The number of benzene rings is 1. The SMILES string of the molecule is N#Cc1ccc(Cl)cc1Nc1nc(F)c(F)cc1F. The maximum atomic E-state index is 13.4. The van der Waals surface area contributed by atoms with E-state index in [1.807, 2.05) is 6.07 Å². The van der Waals surface area contributed by atoms with Gasteiger partial charge in [-0.1, -0.05) is 11.6 Å². The molecule has 0 aliphatic heterocycles. The van der Waals surface area contributed by atoms with E-state index in [1.165, 1.54) is 18.2 Å². The van der Waals surface area contributed by atoms with Crippen LogP contribution in [0.4, 0.5) is 24.7 Å². The number of nitrogens with one attached hydrogen (secondary N) is 1. The fourth-order valence-corrected chi connectivity index (χ4v) is 1.55. The molecule has 0 saturated carbocycles. The molecular formula is C12H5ClF3N3.